The molecular weight excluding hydrogens is 362 g/mol. The topological polar surface area (TPSA) is 62.6 Å². The van der Waals surface area contributed by atoms with Gasteiger partial charge in [0.15, 0.2) is 6.54 Å². The van der Waals surface area contributed by atoms with Crippen molar-refractivity contribution in [1.82, 2.24) is 5.32 Å². The number of quaternary nitrogens is 1. The first-order valence-electron chi connectivity index (χ1n) is 9.09. The van der Waals surface area contributed by atoms with Crippen LogP contribution in [0.25, 0.3) is 0 Å². The summed E-state index contributed by atoms with van der Waals surface area (Å²) in [4.78, 5) is 25.2. The van der Waals surface area contributed by atoms with Gasteiger partial charge in [0.1, 0.15) is 6.54 Å². The smallest absolute Gasteiger partial charge is 0.275 e. The zero-order valence-corrected chi connectivity index (χ0v) is 16.8. The zero-order chi connectivity index (χ0) is 19.8. The van der Waals surface area contributed by atoms with Gasteiger partial charge in [-0.1, -0.05) is 48.9 Å². The summed E-state index contributed by atoms with van der Waals surface area (Å²) in [6, 6.07) is 13.7. The van der Waals surface area contributed by atoms with E-state index in [1.165, 1.54) is 11.1 Å². The van der Waals surface area contributed by atoms with E-state index in [-0.39, 0.29) is 18.4 Å². The molecule has 2 rings (SSSR count). The van der Waals surface area contributed by atoms with E-state index in [1.807, 2.05) is 14.0 Å². The monoisotopic (exact) mass is 388 g/mol. The first kappa shape index (κ1) is 20.9. The molecular formula is C21H27ClN3O2+. The molecule has 0 fully saturated rings. The molecule has 0 spiro atoms. The van der Waals surface area contributed by atoms with Crippen LogP contribution in [-0.4, -0.2) is 32.0 Å². The van der Waals surface area contributed by atoms with Gasteiger partial charge < -0.3 is 15.5 Å². The van der Waals surface area contributed by atoms with Crippen LogP contribution in [-0.2, 0) is 22.6 Å². The van der Waals surface area contributed by atoms with Crippen LogP contribution in [0.3, 0.4) is 0 Å². The normalized spacial score (nSPS) is 11.7. The van der Waals surface area contributed by atoms with Crippen molar-refractivity contribution in [2.75, 3.05) is 25.5 Å². The summed E-state index contributed by atoms with van der Waals surface area (Å²) in [6.07, 6.45) is 1.02. The molecule has 0 bridgehead atoms. The lowest BCUT2D eigenvalue weighted by Crippen LogP contribution is -3.08. The SMILES string of the molecule is CCc1ccc(C[NH+](C)CC(=O)NCC(=O)Nc2cccc(Cl)c2C)cc1. The Bertz CT molecular complexity index is 791. The number of likely N-dealkylation sites (N-methyl/N-ethyl adjacent to an activating group) is 1. The van der Waals surface area contributed by atoms with E-state index in [9.17, 15) is 9.59 Å². The van der Waals surface area contributed by atoms with Gasteiger partial charge in [-0.05, 0) is 36.6 Å². The van der Waals surface area contributed by atoms with Crippen molar-refractivity contribution in [3.8, 4) is 0 Å². The summed E-state index contributed by atoms with van der Waals surface area (Å²) >= 11 is 6.04. The van der Waals surface area contributed by atoms with Crippen LogP contribution in [0.2, 0.25) is 5.02 Å². The quantitative estimate of drug-likeness (QED) is 0.647. The average Bonchev–Trinajstić information content (AvgIpc) is 2.64. The van der Waals surface area contributed by atoms with Gasteiger partial charge in [-0.2, -0.15) is 0 Å². The number of aryl methyl sites for hydroxylation is 1. The first-order valence-corrected chi connectivity index (χ1v) is 9.47. The molecule has 2 aromatic rings. The summed E-state index contributed by atoms with van der Waals surface area (Å²) in [5.74, 6) is -0.433. The lowest BCUT2D eigenvalue weighted by atomic mass is 10.1. The number of hydrogen-bond acceptors (Lipinski definition) is 2. The van der Waals surface area contributed by atoms with E-state index in [0.29, 0.717) is 17.3 Å². The summed E-state index contributed by atoms with van der Waals surface area (Å²) in [7, 11) is 1.96. The molecule has 2 amide bonds. The maximum Gasteiger partial charge on any atom is 0.275 e. The Kier molecular flexibility index (Phi) is 7.82. The Labute approximate surface area is 165 Å². The minimum Gasteiger partial charge on any atom is -0.342 e. The molecule has 1 unspecified atom stereocenters. The predicted octanol–water partition coefficient (Wildman–Crippen LogP) is 1.98. The maximum atomic E-state index is 12.1. The highest BCUT2D eigenvalue weighted by molar-refractivity contribution is 6.31. The second-order valence-electron chi connectivity index (χ2n) is 6.72. The number of halogens is 1. The van der Waals surface area contributed by atoms with Crippen LogP contribution in [0.15, 0.2) is 42.5 Å². The van der Waals surface area contributed by atoms with Gasteiger partial charge in [-0.25, -0.2) is 0 Å². The zero-order valence-electron chi connectivity index (χ0n) is 16.1. The fraction of sp³-hybridized carbons (Fsp3) is 0.333. The number of carbonyl (C=O) groups is 2. The molecule has 0 heterocycles. The van der Waals surface area contributed by atoms with Gasteiger partial charge in [-0.3, -0.25) is 9.59 Å². The van der Waals surface area contributed by atoms with Crippen LogP contribution in [0.5, 0.6) is 0 Å². The van der Waals surface area contributed by atoms with Crippen molar-refractivity contribution in [2.24, 2.45) is 0 Å². The highest BCUT2D eigenvalue weighted by Gasteiger charge is 2.13. The number of rotatable bonds is 8. The Hall–Kier alpha value is -2.37. The lowest BCUT2D eigenvalue weighted by Gasteiger charge is -2.14. The van der Waals surface area contributed by atoms with Crippen LogP contribution < -0.4 is 15.5 Å². The van der Waals surface area contributed by atoms with Gasteiger partial charge in [0, 0.05) is 16.3 Å². The minimum absolute atomic E-state index is 0.0662. The average molecular weight is 389 g/mol. The van der Waals surface area contributed by atoms with E-state index in [2.05, 4.69) is 41.8 Å². The van der Waals surface area contributed by atoms with Crippen LogP contribution in [0, 0.1) is 6.92 Å². The number of nitrogens with one attached hydrogen (secondary N) is 3. The molecule has 0 saturated carbocycles. The Morgan fingerprint density at radius 2 is 1.70 bits per heavy atom. The van der Waals surface area contributed by atoms with E-state index in [0.717, 1.165) is 23.4 Å². The van der Waals surface area contributed by atoms with Crippen molar-refractivity contribution in [1.29, 1.82) is 0 Å². The molecule has 0 radical (unpaired) electrons. The minimum atomic E-state index is -0.276. The van der Waals surface area contributed by atoms with Gasteiger partial charge in [0.05, 0.1) is 13.6 Å². The van der Waals surface area contributed by atoms with E-state index >= 15 is 0 Å². The summed E-state index contributed by atoms with van der Waals surface area (Å²) in [6.45, 7) is 4.95. The summed E-state index contributed by atoms with van der Waals surface area (Å²) < 4.78 is 0. The van der Waals surface area contributed by atoms with Crippen molar-refractivity contribution >= 4 is 29.1 Å². The molecule has 0 aromatic heterocycles. The van der Waals surface area contributed by atoms with E-state index < -0.39 is 0 Å². The Morgan fingerprint density at radius 1 is 1.04 bits per heavy atom. The number of carbonyl (C=O) groups excluding carboxylic acids is 2. The highest BCUT2D eigenvalue weighted by atomic mass is 35.5. The Morgan fingerprint density at radius 3 is 2.37 bits per heavy atom. The highest BCUT2D eigenvalue weighted by Crippen LogP contribution is 2.22. The van der Waals surface area contributed by atoms with E-state index in [1.54, 1.807) is 18.2 Å². The molecule has 0 saturated heterocycles. The third-order valence-electron chi connectivity index (χ3n) is 4.39. The number of anilines is 1. The van der Waals surface area contributed by atoms with Crippen LogP contribution in [0.4, 0.5) is 5.69 Å². The third-order valence-corrected chi connectivity index (χ3v) is 4.80. The number of hydrogen-bond donors (Lipinski definition) is 3. The van der Waals surface area contributed by atoms with Crippen molar-refractivity contribution in [2.45, 2.75) is 26.8 Å². The standard InChI is InChI=1S/C21H26ClN3O2/c1-4-16-8-10-17(11-9-16)13-25(3)14-21(27)23-12-20(26)24-19-7-5-6-18(22)15(19)2/h5-11H,4,12-14H2,1-3H3,(H,23,27)(H,24,26)/p+1. The second kappa shape index (κ2) is 10.1. The fourth-order valence-corrected chi connectivity index (χ4v) is 2.93. The molecule has 0 aliphatic carbocycles. The fourth-order valence-electron chi connectivity index (χ4n) is 2.76. The molecule has 5 nitrogen and oxygen atoms in total. The Balaban J connectivity index is 1.75. The number of amides is 2. The molecule has 27 heavy (non-hydrogen) atoms. The lowest BCUT2D eigenvalue weighted by molar-refractivity contribution is -0.885. The van der Waals surface area contributed by atoms with Gasteiger partial charge in [0.25, 0.3) is 5.91 Å². The molecule has 2 aromatic carbocycles. The molecule has 144 valence electrons. The van der Waals surface area contributed by atoms with Crippen LogP contribution >= 0.6 is 11.6 Å². The van der Waals surface area contributed by atoms with Gasteiger partial charge >= 0.3 is 0 Å². The first-order chi connectivity index (χ1) is 12.9. The maximum absolute atomic E-state index is 12.1. The molecule has 1 atom stereocenters. The second-order valence-corrected chi connectivity index (χ2v) is 7.13. The summed E-state index contributed by atoms with van der Waals surface area (Å²) in [5.41, 5.74) is 3.94. The van der Waals surface area contributed by atoms with Crippen molar-refractivity contribution in [3.63, 3.8) is 0 Å². The largest absolute Gasteiger partial charge is 0.342 e. The molecule has 0 aliphatic rings. The molecule has 0 aliphatic heterocycles. The van der Waals surface area contributed by atoms with E-state index in [4.69, 9.17) is 11.6 Å². The van der Waals surface area contributed by atoms with Crippen molar-refractivity contribution in [3.05, 3.63) is 64.2 Å². The predicted molar refractivity (Wildman–Crippen MR) is 109 cm³/mol. The van der Waals surface area contributed by atoms with Crippen LogP contribution in [0.1, 0.15) is 23.6 Å². The summed E-state index contributed by atoms with van der Waals surface area (Å²) in [5, 5.41) is 6.02. The number of benzene rings is 2. The van der Waals surface area contributed by atoms with Crippen molar-refractivity contribution < 1.29 is 14.5 Å². The van der Waals surface area contributed by atoms with Gasteiger partial charge in [0.2, 0.25) is 5.91 Å². The molecule has 6 heteroatoms. The third kappa shape index (κ3) is 6.70. The molecule has 3 N–H and O–H groups in total. The van der Waals surface area contributed by atoms with Gasteiger partial charge in [-0.15, -0.1) is 0 Å².